The predicted molar refractivity (Wildman–Crippen MR) is 98.7 cm³/mol. The Hall–Kier alpha value is -1.72. The fraction of sp³-hybridized carbons (Fsp3) is 0.278. The molecule has 3 nitrogen and oxygen atoms in total. The zero-order chi connectivity index (χ0) is 16.9. The van der Waals surface area contributed by atoms with Crippen LogP contribution in [0, 0.1) is 5.82 Å². The lowest BCUT2D eigenvalue weighted by Crippen LogP contribution is -2.21. The SMILES string of the molecule is O=C(CSc1ccccc1F)Nc1cc(Cl)ccc1N1CCCC1. The Kier molecular flexibility index (Phi) is 5.63. The first-order valence-corrected chi connectivity index (χ1v) is 9.21. The molecular formula is C18H18ClFN2OS. The van der Waals surface area contributed by atoms with Crippen LogP contribution in [0.3, 0.4) is 0 Å². The fourth-order valence-corrected chi connectivity index (χ4v) is 3.65. The van der Waals surface area contributed by atoms with Crippen LogP contribution in [0.25, 0.3) is 0 Å². The molecule has 0 aliphatic carbocycles. The van der Waals surface area contributed by atoms with Gasteiger partial charge in [0.25, 0.3) is 0 Å². The second-order valence-electron chi connectivity index (χ2n) is 5.62. The number of amides is 1. The van der Waals surface area contributed by atoms with E-state index in [2.05, 4.69) is 10.2 Å². The number of carbonyl (C=O) groups excluding carboxylic acids is 1. The van der Waals surface area contributed by atoms with Crippen LogP contribution in [-0.2, 0) is 4.79 Å². The topological polar surface area (TPSA) is 32.3 Å². The molecule has 0 bridgehead atoms. The van der Waals surface area contributed by atoms with Gasteiger partial charge in [-0.05, 0) is 43.2 Å². The normalized spacial score (nSPS) is 14.0. The van der Waals surface area contributed by atoms with Crippen LogP contribution < -0.4 is 10.2 Å². The van der Waals surface area contributed by atoms with Gasteiger partial charge in [-0.15, -0.1) is 11.8 Å². The maximum atomic E-state index is 13.6. The summed E-state index contributed by atoms with van der Waals surface area (Å²) in [5, 5.41) is 3.49. The number of nitrogens with one attached hydrogen (secondary N) is 1. The maximum absolute atomic E-state index is 13.6. The van der Waals surface area contributed by atoms with Crippen LogP contribution in [0.1, 0.15) is 12.8 Å². The summed E-state index contributed by atoms with van der Waals surface area (Å²) < 4.78 is 13.6. The Morgan fingerprint density at radius 3 is 2.71 bits per heavy atom. The molecule has 0 saturated carbocycles. The van der Waals surface area contributed by atoms with E-state index < -0.39 is 0 Å². The third kappa shape index (κ3) is 4.22. The molecule has 1 heterocycles. The second kappa shape index (κ2) is 7.90. The van der Waals surface area contributed by atoms with Gasteiger partial charge in [0, 0.05) is 23.0 Å². The highest BCUT2D eigenvalue weighted by Crippen LogP contribution is 2.32. The highest BCUT2D eigenvalue weighted by atomic mass is 35.5. The Bertz CT molecular complexity index is 735. The molecule has 0 unspecified atom stereocenters. The van der Waals surface area contributed by atoms with Crippen LogP contribution in [0.15, 0.2) is 47.4 Å². The summed E-state index contributed by atoms with van der Waals surface area (Å²) in [6.45, 7) is 1.96. The van der Waals surface area contributed by atoms with Crippen molar-refractivity contribution in [2.24, 2.45) is 0 Å². The van der Waals surface area contributed by atoms with Crippen LogP contribution in [0.4, 0.5) is 15.8 Å². The van der Waals surface area contributed by atoms with Crippen molar-refractivity contribution in [3.8, 4) is 0 Å². The molecule has 24 heavy (non-hydrogen) atoms. The van der Waals surface area contributed by atoms with Gasteiger partial charge in [-0.2, -0.15) is 0 Å². The number of carbonyl (C=O) groups is 1. The van der Waals surface area contributed by atoms with Crippen molar-refractivity contribution in [3.63, 3.8) is 0 Å². The minimum absolute atomic E-state index is 0.146. The molecule has 6 heteroatoms. The van der Waals surface area contributed by atoms with Gasteiger partial charge < -0.3 is 10.2 Å². The van der Waals surface area contributed by atoms with Crippen molar-refractivity contribution in [1.29, 1.82) is 0 Å². The molecule has 2 aromatic rings. The third-order valence-electron chi connectivity index (χ3n) is 3.87. The summed E-state index contributed by atoms with van der Waals surface area (Å²) >= 11 is 7.26. The largest absolute Gasteiger partial charge is 0.370 e. The summed E-state index contributed by atoms with van der Waals surface area (Å²) in [7, 11) is 0. The maximum Gasteiger partial charge on any atom is 0.234 e. The molecule has 2 aromatic carbocycles. The Labute approximate surface area is 150 Å². The van der Waals surface area contributed by atoms with Gasteiger partial charge >= 0.3 is 0 Å². The summed E-state index contributed by atoms with van der Waals surface area (Å²) in [6, 6.07) is 12.0. The first-order chi connectivity index (χ1) is 11.6. The first kappa shape index (κ1) is 17.1. The third-order valence-corrected chi connectivity index (χ3v) is 5.16. The fourth-order valence-electron chi connectivity index (χ4n) is 2.73. The molecule has 0 atom stereocenters. The molecule has 1 aliphatic rings. The average Bonchev–Trinajstić information content (AvgIpc) is 3.08. The van der Waals surface area contributed by atoms with Crippen LogP contribution in [0.2, 0.25) is 5.02 Å². The minimum Gasteiger partial charge on any atom is -0.370 e. The summed E-state index contributed by atoms with van der Waals surface area (Å²) in [5.74, 6) is -0.339. The van der Waals surface area contributed by atoms with E-state index in [1.54, 1.807) is 24.3 Å². The van der Waals surface area contributed by atoms with Crippen molar-refractivity contribution in [3.05, 3.63) is 53.3 Å². The molecule has 126 valence electrons. The van der Waals surface area contributed by atoms with Gasteiger partial charge in [0.1, 0.15) is 5.82 Å². The zero-order valence-electron chi connectivity index (χ0n) is 13.1. The smallest absolute Gasteiger partial charge is 0.234 e. The number of rotatable bonds is 5. The number of nitrogens with zero attached hydrogens (tertiary/aromatic N) is 1. The Morgan fingerprint density at radius 2 is 1.96 bits per heavy atom. The highest BCUT2D eigenvalue weighted by Gasteiger charge is 2.17. The minimum atomic E-state index is -0.309. The van der Waals surface area contributed by atoms with Gasteiger partial charge in [0.2, 0.25) is 5.91 Å². The van der Waals surface area contributed by atoms with Gasteiger partial charge in [-0.1, -0.05) is 23.7 Å². The van der Waals surface area contributed by atoms with E-state index in [-0.39, 0.29) is 17.5 Å². The molecule has 1 amide bonds. The van der Waals surface area contributed by atoms with Crippen LogP contribution in [0.5, 0.6) is 0 Å². The molecule has 0 aromatic heterocycles. The molecule has 0 spiro atoms. The van der Waals surface area contributed by atoms with Gasteiger partial charge in [0.15, 0.2) is 0 Å². The van der Waals surface area contributed by atoms with Crippen LogP contribution >= 0.6 is 23.4 Å². The van der Waals surface area contributed by atoms with Crippen molar-refractivity contribution >= 4 is 40.6 Å². The van der Waals surface area contributed by atoms with E-state index >= 15 is 0 Å². The quantitative estimate of drug-likeness (QED) is 0.773. The predicted octanol–water partition coefficient (Wildman–Crippen LogP) is 4.81. The molecule has 1 aliphatic heterocycles. The lowest BCUT2D eigenvalue weighted by Gasteiger charge is -2.21. The van der Waals surface area contributed by atoms with Crippen molar-refractivity contribution in [2.45, 2.75) is 17.7 Å². The standard InChI is InChI=1S/C18H18ClFN2OS/c19-13-7-8-16(22-9-3-4-10-22)15(11-13)21-18(23)12-24-17-6-2-1-5-14(17)20/h1-2,5-8,11H,3-4,9-10,12H2,(H,21,23). The average molecular weight is 365 g/mol. The van der Waals surface area contributed by atoms with E-state index in [1.807, 2.05) is 12.1 Å². The van der Waals surface area contributed by atoms with E-state index in [9.17, 15) is 9.18 Å². The number of hydrogen-bond donors (Lipinski definition) is 1. The van der Waals surface area contributed by atoms with E-state index in [4.69, 9.17) is 11.6 Å². The zero-order valence-corrected chi connectivity index (χ0v) is 14.7. The Balaban J connectivity index is 1.67. The van der Waals surface area contributed by atoms with Gasteiger partial charge in [-0.25, -0.2) is 4.39 Å². The number of thioether (sulfide) groups is 1. The number of anilines is 2. The number of hydrogen-bond acceptors (Lipinski definition) is 3. The van der Waals surface area contributed by atoms with Crippen LogP contribution in [-0.4, -0.2) is 24.7 Å². The summed E-state index contributed by atoms with van der Waals surface area (Å²) in [4.78, 5) is 15.0. The van der Waals surface area contributed by atoms with E-state index in [0.29, 0.717) is 15.6 Å². The number of benzene rings is 2. The lowest BCUT2D eigenvalue weighted by molar-refractivity contribution is -0.113. The molecule has 3 rings (SSSR count). The summed E-state index contributed by atoms with van der Waals surface area (Å²) in [5.41, 5.74) is 1.70. The highest BCUT2D eigenvalue weighted by molar-refractivity contribution is 8.00. The molecule has 1 N–H and O–H groups in total. The Morgan fingerprint density at radius 1 is 1.21 bits per heavy atom. The van der Waals surface area contributed by atoms with Crippen molar-refractivity contribution < 1.29 is 9.18 Å². The van der Waals surface area contributed by atoms with E-state index in [1.165, 1.54) is 17.8 Å². The summed E-state index contributed by atoms with van der Waals surface area (Å²) in [6.07, 6.45) is 2.30. The van der Waals surface area contributed by atoms with Crippen molar-refractivity contribution in [2.75, 3.05) is 29.1 Å². The van der Waals surface area contributed by atoms with E-state index in [0.717, 1.165) is 31.6 Å². The molecule has 1 saturated heterocycles. The molecule has 1 fully saturated rings. The lowest BCUT2D eigenvalue weighted by atomic mass is 10.2. The first-order valence-electron chi connectivity index (χ1n) is 7.85. The monoisotopic (exact) mass is 364 g/mol. The molecule has 0 radical (unpaired) electrons. The molecular weight excluding hydrogens is 347 g/mol. The van der Waals surface area contributed by atoms with Gasteiger partial charge in [-0.3, -0.25) is 4.79 Å². The van der Waals surface area contributed by atoms with Gasteiger partial charge in [0.05, 0.1) is 17.1 Å². The number of halogens is 2. The van der Waals surface area contributed by atoms with Crippen molar-refractivity contribution in [1.82, 2.24) is 0 Å². The second-order valence-corrected chi connectivity index (χ2v) is 7.08.